The van der Waals surface area contributed by atoms with Gasteiger partial charge >= 0.3 is 107 Å². The molecule has 1 unspecified atom stereocenters. The first-order valence-corrected chi connectivity index (χ1v) is 8.28. The van der Waals surface area contributed by atoms with Gasteiger partial charge in [-0.1, -0.05) is 0 Å². The van der Waals surface area contributed by atoms with Crippen molar-refractivity contribution in [3.8, 4) is 0 Å². The molecule has 2 nitrogen and oxygen atoms in total. The molecule has 0 bridgehead atoms. The van der Waals surface area contributed by atoms with E-state index in [1.807, 2.05) is 6.07 Å². The second-order valence-electron chi connectivity index (χ2n) is 4.13. The summed E-state index contributed by atoms with van der Waals surface area (Å²) >= 11 is 0.0179. The van der Waals surface area contributed by atoms with Crippen molar-refractivity contribution in [1.82, 2.24) is 5.32 Å². The third kappa shape index (κ3) is 2.56. The number of carbonyl (C=O) groups is 1. The number of rotatable bonds is 2. The van der Waals surface area contributed by atoms with Crippen molar-refractivity contribution in [2.45, 2.75) is 29.7 Å². The van der Waals surface area contributed by atoms with Crippen molar-refractivity contribution in [2.75, 3.05) is 4.43 Å². The molecular weight excluding hydrogens is 313 g/mol. The quantitative estimate of drug-likeness (QED) is 0.432. The van der Waals surface area contributed by atoms with Crippen molar-refractivity contribution in [3.63, 3.8) is 0 Å². The molecule has 16 heavy (non-hydrogen) atoms. The Morgan fingerprint density at radius 3 is 2.62 bits per heavy atom. The monoisotopic (exact) mass is 330 g/mol. The molecule has 2 rings (SSSR count). The number of alkyl halides is 2. The van der Waals surface area contributed by atoms with E-state index in [1.165, 1.54) is 22.8 Å². The molecule has 0 spiro atoms. The summed E-state index contributed by atoms with van der Waals surface area (Å²) < 4.78 is 1.32. The third-order valence-electron chi connectivity index (χ3n) is 2.83. The maximum absolute atomic E-state index is 11.4. The normalized spacial score (nSPS) is 25.6. The van der Waals surface area contributed by atoms with Gasteiger partial charge in [0.05, 0.1) is 0 Å². The predicted octanol–water partition coefficient (Wildman–Crippen LogP) is -0.752. The van der Waals surface area contributed by atoms with Crippen LogP contribution in [0.1, 0.15) is 31.7 Å². The second-order valence-corrected chi connectivity index (χ2v) is 7.81. The van der Waals surface area contributed by atoms with Crippen molar-refractivity contribution < 1.29 is 26.0 Å². The molecule has 1 aromatic carbocycles. The van der Waals surface area contributed by atoms with Crippen LogP contribution in [0.4, 0.5) is 0 Å². The molecule has 1 aliphatic heterocycles. The van der Waals surface area contributed by atoms with Gasteiger partial charge in [0.15, 0.2) is 0 Å². The minimum absolute atomic E-state index is 0.00419. The molecule has 0 aliphatic carbocycles. The van der Waals surface area contributed by atoms with Crippen LogP contribution in [-0.2, 0) is 8.34 Å². The Hall–Kier alpha value is -0.580. The molecule has 1 aromatic rings. The van der Waals surface area contributed by atoms with Gasteiger partial charge in [0.25, 0.3) is 0 Å². The minimum atomic E-state index is 0.00419. The summed E-state index contributed by atoms with van der Waals surface area (Å²) in [5.41, 5.74) is 1.30. The van der Waals surface area contributed by atoms with Crippen LogP contribution in [0.2, 0.25) is 0 Å². The van der Waals surface area contributed by atoms with E-state index >= 15 is 0 Å². The van der Waals surface area contributed by atoms with Gasteiger partial charge in [-0.15, -0.1) is 0 Å². The average molecular weight is 330 g/mol. The van der Waals surface area contributed by atoms with Crippen molar-refractivity contribution >= 4 is 5.91 Å². The summed E-state index contributed by atoms with van der Waals surface area (Å²) in [7, 11) is 0. The first-order chi connectivity index (χ1) is 7.73. The van der Waals surface area contributed by atoms with Gasteiger partial charge in [0, 0.05) is 0 Å². The first kappa shape index (κ1) is 11.9. The predicted molar refractivity (Wildman–Crippen MR) is 60.7 cm³/mol. The van der Waals surface area contributed by atoms with Gasteiger partial charge < -0.3 is 0 Å². The van der Waals surface area contributed by atoms with Gasteiger partial charge in [0.1, 0.15) is 0 Å². The zero-order valence-corrected chi connectivity index (χ0v) is 11.7. The number of nitrogens with one attached hydrogen (secondary N) is 1. The summed E-state index contributed by atoms with van der Waals surface area (Å²) in [4.78, 5) is 11.4. The Morgan fingerprint density at radius 2 is 2.06 bits per heavy atom. The standard InChI is InChI=1S/C13H17INO/c1-11(16)15-13(9-5-6-10-14-13)12-7-3-2-4-8-12/h2-4,7-8H,5-6,9-10H2,1H3,(H,15,16)/q-1. The van der Waals surface area contributed by atoms with Gasteiger partial charge in [-0.3, -0.25) is 0 Å². The molecule has 1 saturated heterocycles. The fraction of sp³-hybridized carbons (Fsp3) is 0.462. The van der Waals surface area contributed by atoms with Crippen molar-refractivity contribution in [1.29, 1.82) is 0 Å². The average Bonchev–Trinajstić information content (AvgIpc) is 2.30. The molecule has 1 amide bonds. The number of hydrogen-bond acceptors (Lipinski definition) is 1. The van der Waals surface area contributed by atoms with Crippen LogP contribution in [-0.4, -0.2) is 10.3 Å². The number of hydrogen-bond donors (Lipinski definition) is 1. The Labute approximate surface area is 107 Å². The van der Waals surface area contributed by atoms with Gasteiger partial charge in [-0.2, -0.15) is 0 Å². The summed E-state index contributed by atoms with van der Waals surface area (Å²) in [6.45, 7) is 1.63. The van der Waals surface area contributed by atoms with Crippen LogP contribution >= 0.6 is 0 Å². The van der Waals surface area contributed by atoms with Crippen LogP contribution < -0.4 is 26.5 Å². The Morgan fingerprint density at radius 1 is 1.31 bits per heavy atom. The molecule has 0 radical (unpaired) electrons. The summed E-state index contributed by atoms with van der Waals surface area (Å²) in [5.74, 6) is 0.102. The van der Waals surface area contributed by atoms with Crippen LogP contribution in [0.5, 0.6) is 0 Å². The molecule has 1 heterocycles. The summed E-state index contributed by atoms with van der Waals surface area (Å²) in [6, 6.07) is 10.5. The first-order valence-electron chi connectivity index (χ1n) is 5.67. The van der Waals surface area contributed by atoms with E-state index in [0.717, 1.165) is 6.42 Å². The third-order valence-corrected chi connectivity index (χ3v) is 6.87. The summed E-state index contributed by atoms with van der Waals surface area (Å²) in [6.07, 6.45) is 3.68. The van der Waals surface area contributed by atoms with Gasteiger partial charge in [0.2, 0.25) is 0 Å². The fourth-order valence-electron chi connectivity index (χ4n) is 2.13. The molecule has 0 saturated carbocycles. The van der Waals surface area contributed by atoms with E-state index in [0.29, 0.717) is 0 Å². The van der Waals surface area contributed by atoms with E-state index < -0.39 is 0 Å². The molecule has 1 aliphatic rings. The van der Waals surface area contributed by atoms with Gasteiger partial charge in [-0.05, 0) is 0 Å². The number of halogens is 1. The maximum atomic E-state index is 11.4. The Bertz CT molecular complexity index is 357. The van der Waals surface area contributed by atoms with E-state index in [-0.39, 0.29) is 30.7 Å². The zero-order valence-electron chi connectivity index (χ0n) is 9.50. The number of carbonyl (C=O) groups excluding carboxylic acids is 1. The van der Waals surface area contributed by atoms with Gasteiger partial charge in [-0.25, -0.2) is 0 Å². The molecule has 1 atom stereocenters. The Balaban J connectivity index is 2.29. The van der Waals surface area contributed by atoms with E-state index in [9.17, 15) is 4.79 Å². The Kier molecular flexibility index (Phi) is 3.84. The SMILES string of the molecule is CC(=O)NC1(c2ccccc2)CCCC[I-]1. The van der Waals surface area contributed by atoms with E-state index in [1.54, 1.807) is 6.92 Å². The molecular formula is C13H17INO-. The topological polar surface area (TPSA) is 29.1 Å². The van der Waals surface area contributed by atoms with Crippen LogP contribution in [0.25, 0.3) is 0 Å². The van der Waals surface area contributed by atoms with Crippen molar-refractivity contribution in [2.24, 2.45) is 0 Å². The molecule has 1 N–H and O–H groups in total. The van der Waals surface area contributed by atoms with E-state index in [4.69, 9.17) is 0 Å². The van der Waals surface area contributed by atoms with Crippen LogP contribution in [0.3, 0.4) is 0 Å². The van der Waals surface area contributed by atoms with Crippen molar-refractivity contribution in [3.05, 3.63) is 35.9 Å². The molecule has 3 heteroatoms. The molecule has 1 fully saturated rings. The van der Waals surface area contributed by atoms with Crippen LogP contribution in [0, 0.1) is 0 Å². The number of amides is 1. The zero-order chi connectivity index (χ0) is 11.4. The summed E-state index contributed by atoms with van der Waals surface area (Å²) in [5, 5.41) is 3.22. The van der Waals surface area contributed by atoms with Crippen LogP contribution in [0.15, 0.2) is 30.3 Å². The number of benzene rings is 1. The van der Waals surface area contributed by atoms with E-state index in [2.05, 4.69) is 29.6 Å². The second kappa shape index (κ2) is 5.17. The molecule has 88 valence electrons. The fourth-order valence-corrected chi connectivity index (χ4v) is 6.10. The molecule has 0 aromatic heterocycles.